The van der Waals surface area contributed by atoms with Crippen molar-refractivity contribution >= 4 is 21.2 Å². The smallest absolute Gasteiger partial charge is 0.422 e. The number of thiophene rings is 1. The van der Waals surface area contributed by atoms with E-state index in [2.05, 4.69) is 9.47 Å². The third-order valence-electron chi connectivity index (χ3n) is 2.98. The average Bonchev–Trinajstić information content (AvgIpc) is 2.80. The van der Waals surface area contributed by atoms with Crippen molar-refractivity contribution in [2.24, 2.45) is 0 Å². The zero-order valence-corrected chi connectivity index (χ0v) is 13.3. The Hall–Kier alpha value is -1.08. The Morgan fingerprint density at radius 3 is 2.38 bits per heavy atom. The number of ether oxygens (including phenoxy) is 2. The standard InChI is InChI=1S/C11H9F7O4S2/c1-24(19,20)8-5-4(7(23-8)21-3-11(16,17)18)2-10(14,15)6(5)22-9(12)13/h6,9H,2-3H2,1H3. The molecular weight excluding hydrogens is 393 g/mol. The summed E-state index contributed by atoms with van der Waals surface area (Å²) in [4.78, 5) is 0. The van der Waals surface area contributed by atoms with Crippen LogP contribution in [-0.4, -0.2) is 40.0 Å². The van der Waals surface area contributed by atoms with Gasteiger partial charge in [-0.2, -0.15) is 22.0 Å². The highest BCUT2D eigenvalue weighted by Crippen LogP contribution is 2.55. The number of sulfone groups is 1. The van der Waals surface area contributed by atoms with Gasteiger partial charge in [-0.25, -0.2) is 17.2 Å². The molecule has 1 aliphatic rings. The number of fused-ring (bicyclic) bond motifs is 1. The van der Waals surface area contributed by atoms with Gasteiger partial charge in [-0.3, -0.25) is 0 Å². The second-order valence-corrected chi connectivity index (χ2v) is 8.15. The van der Waals surface area contributed by atoms with Gasteiger partial charge < -0.3 is 9.47 Å². The maximum atomic E-state index is 13.9. The van der Waals surface area contributed by atoms with E-state index in [4.69, 9.17) is 0 Å². The molecule has 1 atom stereocenters. The molecule has 13 heteroatoms. The Balaban J connectivity index is 2.53. The molecule has 1 heterocycles. The molecule has 0 saturated carbocycles. The van der Waals surface area contributed by atoms with Gasteiger partial charge in [0.05, 0.1) is 0 Å². The molecule has 1 aliphatic carbocycles. The van der Waals surface area contributed by atoms with E-state index in [1.54, 1.807) is 0 Å². The largest absolute Gasteiger partial charge is 0.474 e. The van der Waals surface area contributed by atoms with Crippen LogP contribution in [-0.2, 0) is 21.0 Å². The lowest BCUT2D eigenvalue weighted by Gasteiger charge is -2.20. The minimum Gasteiger partial charge on any atom is -0.474 e. The van der Waals surface area contributed by atoms with Crippen LogP contribution in [0.2, 0.25) is 0 Å². The van der Waals surface area contributed by atoms with Crippen molar-refractivity contribution in [2.45, 2.75) is 35.4 Å². The normalized spacial score (nSPS) is 20.5. The summed E-state index contributed by atoms with van der Waals surface area (Å²) >= 11 is 0.173. The Bertz CT molecular complexity index is 723. The number of hydrogen-bond acceptors (Lipinski definition) is 5. The molecular formula is C11H9F7O4S2. The van der Waals surface area contributed by atoms with E-state index in [0.717, 1.165) is 0 Å². The summed E-state index contributed by atoms with van der Waals surface area (Å²) in [6, 6.07) is 0. The summed E-state index contributed by atoms with van der Waals surface area (Å²) in [5.41, 5.74) is -1.34. The van der Waals surface area contributed by atoms with Crippen LogP contribution >= 0.6 is 11.3 Å². The Morgan fingerprint density at radius 2 is 1.92 bits per heavy atom. The third-order valence-corrected chi connectivity index (χ3v) is 5.98. The zero-order valence-electron chi connectivity index (χ0n) is 11.7. The van der Waals surface area contributed by atoms with Crippen molar-refractivity contribution in [3.8, 4) is 5.06 Å². The molecule has 2 rings (SSSR count). The second-order valence-electron chi connectivity index (χ2n) is 4.96. The van der Waals surface area contributed by atoms with Crippen LogP contribution in [0.25, 0.3) is 0 Å². The van der Waals surface area contributed by atoms with Crippen molar-refractivity contribution in [1.29, 1.82) is 0 Å². The molecule has 0 aromatic carbocycles. The molecule has 0 amide bonds. The Kier molecular flexibility index (Phi) is 4.83. The summed E-state index contributed by atoms with van der Waals surface area (Å²) < 4.78 is 120. The Morgan fingerprint density at radius 1 is 1.33 bits per heavy atom. The van der Waals surface area contributed by atoms with E-state index in [-0.39, 0.29) is 11.3 Å². The molecule has 0 spiro atoms. The molecule has 0 N–H and O–H groups in total. The third kappa shape index (κ3) is 3.94. The minimum atomic E-state index is -4.79. The fraction of sp³-hybridized carbons (Fsp3) is 0.636. The highest BCUT2D eigenvalue weighted by Gasteiger charge is 2.54. The number of hydrogen-bond donors (Lipinski definition) is 0. The molecule has 0 fully saturated rings. The molecule has 0 aliphatic heterocycles. The fourth-order valence-electron chi connectivity index (χ4n) is 2.22. The van der Waals surface area contributed by atoms with Crippen molar-refractivity contribution in [1.82, 2.24) is 0 Å². The van der Waals surface area contributed by atoms with Gasteiger partial charge in [-0.15, -0.1) is 0 Å². The fourth-order valence-corrected chi connectivity index (χ4v) is 4.61. The molecule has 24 heavy (non-hydrogen) atoms. The first-order valence-electron chi connectivity index (χ1n) is 6.09. The lowest BCUT2D eigenvalue weighted by molar-refractivity contribution is -0.225. The maximum Gasteiger partial charge on any atom is 0.422 e. The van der Waals surface area contributed by atoms with E-state index >= 15 is 0 Å². The first-order valence-corrected chi connectivity index (χ1v) is 8.80. The monoisotopic (exact) mass is 402 g/mol. The lowest BCUT2D eigenvalue weighted by Crippen LogP contribution is -2.27. The van der Waals surface area contributed by atoms with Crippen molar-refractivity contribution in [3.05, 3.63) is 11.1 Å². The van der Waals surface area contributed by atoms with Crippen LogP contribution in [0.3, 0.4) is 0 Å². The topological polar surface area (TPSA) is 52.6 Å². The molecule has 0 radical (unpaired) electrons. The summed E-state index contributed by atoms with van der Waals surface area (Å²) in [5, 5.41) is -0.706. The van der Waals surface area contributed by atoms with Crippen LogP contribution in [0.4, 0.5) is 30.7 Å². The van der Waals surface area contributed by atoms with Gasteiger partial charge in [-0.1, -0.05) is 11.3 Å². The maximum absolute atomic E-state index is 13.9. The quantitative estimate of drug-likeness (QED) is 0.707. The van der Waals surface area contributed by atoms with Crippen LogP contribution < -0.4 is 4.74 Å². The van der Waals surface area contributed by atoms with Crippen LogP contribution in [0.1, 0.15) is 17.2 Å². The van der Waals surface area contributed by atoms with E-state index < -0.39 is 68.1 Å². The molecule has 0 bridgehead atoms. The predicted octanol–water partition coefficient (Wildman–Crippen LogP) is 3.56. The molecule has 1 aromatic rings. The van der Waals surface area contributed by atoms with E-state index in [0.29, 0.717) is 6.26 Å². The van der Waals surface area contributed by atoms with E-state index in [9.17, 15) is 39.2 Å². The van der Waals surface area contributed by atoms with E-state index in [1.807, 2.05) is 0 Å². The minimum absolute atomic E-state index is 0.173. The van der Waals surface area contributed by atoms with Crippen molar-refractivity contribution in [2.75, 3.05) is 12.9 Å². The van der Waals surface area contributed by atoms with Gasteiger partial charge in [-0.05, 0) is 0 Å². The number of halogens is 7. The summed E-state index contributed by atoms with van der Waals surface area (Å²) in [7, 11) is -4.18. The summed E-state index contributed by atoms with van der Waals surface area (Å²) in [6.45, 7) is -5.46. The van der Waals surface area contributed by atoms with Crippen molar-refractivity contribution < 1.29 is 48.6 Å². The SMILES string of the molecule is CS(=O)(=O)c1sc(OCC(F)(F)F)c2c1C(OC(F)F)C(F)(F)C2. The predicted molar refractivity (Wildman–Crippen MR) is 67.5 cm³/mol. The molecule has 1 aromatic heterocycles. The summed E-state index contributed by atoms with van der Waals surface area (Å²) in [6.07, 6.45) is -8.03. The number of alkyl halides is 7. The van der Waals surface area contributed by atoms with Crippen molar-refractivity contribution in [3.63, 3.8) is 0 Å². The van der Waals surface area contributed by atoms with Gasteiger partial charge in [0.25, 0.3) is 5.92 Å². The van der Waals surface area contributed by atoms with E-state index in [1.165, 1.54) is 0 Å². The number of rotatable bonds is 5. The highest BCUT2D eigenvalue weighted by molar-refractivity contribution is 7.92. The summed E-state index contributed by atoms with van der Waals surface area (Å²) in [5.74, 6) is -3.91. The molecule has 0 saturated heterocycles. The van der Waals surface area contributed by atoms with Crippen LogP contribution in [0.15, 0.2) is 4.21 Å². The Labute approximate surface area is 135 Å². The highest BCUT2D eigenvalue weighted by atomic mass is 32.2. The average molecular weight is 402 g/mol. The molecule has 1 unspecified atom stereocenters. The lowest BCUT2D eigenvalue weighted by atomic mass is 10.2. The van der Waals surface area contributed by atoms with Gasteiger partial charge in [0.15, 0.2) is 27.6 Å². The van der Waals surface area contributed by atoms with Crippen LogP contribution in [0.5, 0.6) is 5.06 Å². The first kappa shape index (κ1) is 19.2. The van der Waals surface area contributed by atoms with Gasteiger partial charge in [0, 0.05) is 23.8 Å². The first-order chi connectivity index (χ1) is 10.7. The molecule has 138 valence electrons. The van der Waals surface area contributed by atoms with Crippen LogP contribution in [0, 0.1) is 0 Å². The van der Waals surface area contributed by atoms with Gasteiger partial charge in [0.2, 0.25) is 0 Å². The van der Waals surface area contributed by atoms with Gasteiger partial charge >= 0.3 is 12.8 Å². The second kappa shape index (κ2) is 6.02. The molecule has 4 nitrogen and oxygen atoms in total. The van der Waals surface area contributed by atoms with Gasteiger partial charge in [0.1, 0.15) is 4.21 Å². The zero-order chi connectivity index (χ0) is 18.5.